The molecule has 0 unspecified atom stereocenters. The van der Waals surface area contributed by atoms with Crippen molar-refractivity contribution in [2.45, 2.75) is 26.7 Å². The van der Waals surface area contributed by atoms with Gasteiger partial charge in [-0.05, 0) is 48.4 Å². The van der Waals surface area contributed by atoms with Gasteiger partial charge in [0.25, 0.3) is 5.91 Å². The van der Waals surface area contributed by atoms with Crippen LogP contribution in [0.4, 0.5) is 5.13 Å². The summed E-state index contributed by atoms with van der Waals surface area (Å²) in [6, 6.07) is 19.7. The van der Waals surface area contributed by atoms with Crippen LogP contribution in [0.3, 0.4) is 0 Å². The number of unbranched alkanes of at least 4 members (excludes halogenated alkanes) is 1. The van der Waals surface area contributed by atoms with Crippen LogP contribution in [0.5, 0.6) is 11.5 Å². The number of hydrogen-bond donors (Lipinski definition) is 1. The molecule has 0 saturated carbocycles. The molecule has 6 heteroatoms. The first-order valence-corrected chi connectivity index (χ1v) is 11.7. The summed E-state index contributed by atoms with van der Waals surface area (Å²) in [4.78, 5) is 17.4. The fourth-order valence-corrected chi connectivity index (χ4v) is 4.06. The Morgan fingerprint density at radius 1 is 0.969 bits per heavy atom. The molecule has 0 aliphatic heterocycles. The zero-order valence-electron chi connectivity index (χ0n) is 18.3. The lowest BCUT2D eigenvalue weighted by Gasteiger charge is -2.13. The first-order chi connectivity index (χ1) is 15.7. The summed E-state index contributed by atoms with van der Waals surface area (Å²) < 4.78 is 11.5. The van der Waals surface area contributed by atoms with Gasteiger partial charge >= 0.3 is 0 Å². The van der Waals surface area contributed by atoms with Crippen molar-refractivity contribution in [3.05, 3.63) is 71.6 Å². The average molecular weight is 447 g/mol. The van der Waals surface area contributed by atoms with Crippen molar-refractivity contribution in [2.75, 3.05) is 18.5 Å². The van der Waals surface area contributed by atoms with Crippen molar-refractivity contribution < 1.29 is 14.3 Å². The fourth-order valence-electron chi connectivity index (χ4n) is 3.34. The Hall–Kier alpha value is -3.38. The van der Waals surface area contributed by atoms with Crippen molar-refractivity contribution >= 4 is 33.1 Å². The molecule has 0 fully saturated rings. The van der Waals surface area contributed by atoms with Crippen molar-refractivity contribution in [1.29, 1.82) is 0 Å². The molecule has 1 amide bonds. The Morgan fingerprint density at radius 3 is 2.62 bits per heavy atom. The largest absolute Gasteiger partial charge is 0.490 e. The highest BCUT2D eigenvalue weighted by atomic mass is 32.1. The summed E-state index contributed by atoms with van der Waals surface area (Å²) in [6.45, 7) is 5.15. The van der Waals surface area contributed by atoms with Gasteiger partial charge in [-0.2, -0.15) is 0 Å². The molecule has 32 heavy (non-hydrogen) atoms. The van der Waals surface area contributed by atoms with Gasteiger partial charge in [0.2, 0.25) is 0 Å². The minimum atomic E-state index is -0.231. The third-order valence-electron chi connectivity index (χ3n) is 5.03. The summed E-state index contributed by atoms with van der Waals surface area (Å²) in [6.07, 6.45) is 2.02. The second kappa shape index (κ2) is 10.3. The molecule has 4 aromatic rings. The van der Waals surface area contributed by atoms with Crippen molar-refractivity contribution in [3.8, 4) is 22.8 Å². The maximum absolute atomic E-state index is 12.8. The van der Waals surface area contributed by atoms with Crippen LogP contribution in [0.1, 0.15) is 37.0 Å². The van der Waals surface area contributed by atoms with E-state index in [1.807, 2.05) is 24.4 Å². The number of nitrogens with zero attached hydrogens (tertiary/aromatic N) is 1. The maximum Gasteiger partial charge on any atom is 0.257 e. The molecule has 164 valence electrons. The topological polar surface area (TPSA) is 60.5 Å². The molecule has 1 aromatic heterocycles. The first-order valence-electron chi connectivity index (χ1n) is 10.8. The van der Waals surface area contributed by atoms with E-state index >= 15 is 0 Å². The molecule has 0 saturated heterocycles. The number of amides is 1. The van der Waals surface area contributed by atoms with Crippen LogP contribution < -0.4 is 14.8 Å². The highest BCUT2D eigenvalue weighted by molar-refractivity contribution is 7.14. The van der Waals surface area contributed by atoms with Crippen molar-refractivity contribution in [3.63, 3.8) is 0 Å². The number of hydrogen-bond acceptors (Lipinski definition) is 5. The van der Waals surface area contributed by atoms with Crippen LogP contribution in [0, 0.1) is 0 Å². The van der Waals surface area contributed by atoms with Crippen LogP contribution in [0.15, 0.2) is 66.0 Å². The molecule has 4 rings (SSSR count). The summed E-state index contributed by atoms with van der Waals surface area (Å²) in [7, 11) is 0. The maximum atomic E-state index is 12.8. The van der Waals surface area contributed by atoms with E-state index in [1.165, 1.54) is 16.7 Å². The minimum Gasteiger partial charge on any atom is -0.490 e. The van der Waals surface area contributed by atoms with E-state index in [-0.39, 0.29) is 5.91 Å². The standard InChI is InChI=1S/C26H26N2O3S/c1-3-5-14-31-23-13-12-21(16-24(23)30-4-2)25(29)28-26-27-22(17-32-26)20-11-10-18-8-6-7-9-19(18)15-20/h6-13,15-17H,3-5,14H2,1-2H3,(H,27,28,29). The van der Waals surface area contributed by atoms with Crippen LogP contribution in [-0.2, 0) is 0 Å². The van der Waals surface area contributed by atoms with Gasteiger partial charge in [-0.1, -0.05) is 49.7 Å². The Morgan fingerprint density at radius 2 is 1.81 bits per heavy atom. The molecule has 0 aliphatic carbocycles. The second-order valence-corrected chi connectivity index (χ2v) is 8.21. The number of anilines is 1. The predicted octanol–water partition coefficient (Wildman–Crippen LogP) is 6.79. The molecular formula is C26H26N2O3S. The smallest absolute Gasteiger partial charge is 0.257 e. The molecule has 0 radical (unpaired) electrons. The van der Waals surface area contributed by atoms with E-state index in [0.29, 0.717) is 35.4 Å². The van der Waals surface area contributed by atoms with E-state index in [9.17, 15) is 4.79 Å². The van der Waals surface area contributed by atoms with E-state index < -0.39 is 0 Å². The molecule has 0 atom stereocenters. The number of ether oxygens (including phenoxy) is 2. The molecule has 5 nitrogen and oxygen atoms in total. The lowest BCUT2D eigenvalue weighted by molar-refractivity contribution is 0.102. The summed E-state index contributed by atoms with van der Waals surface area (Å²) in [5.41, 5.74) is 2.36. The molecule has 0 aliphatic rings. The van der Waals surface area contributed by atoms with Gasteiger partial charge < -0.3 is 9.47 Å². The van der Waals surface area contributed by atoms with Crippen LogP contribution in [0.2, 0.25) is 0 Å². The number of rotatable bonds is 9. The summed E-state index contributed by atoms with van der Waals surface area (Å²) in [5.74, 6) is 1.00. The van der Waals surface area contributed by atoms with Crippen molar-refractivity contribution in [2.24, 2.45) is 0 Å². The molecule has 0 bridgehead atoms. The monoisotopic (exact) mass is 446 g/mol. The van der Waals surface area contributed by atoms with Gasteiger partial charge in [0, 0.05) is 16.5 Å². The highest BCUT2D eigenvalue weighted by Crippen LogP contribution is 2.31. The van der Waals surface area contributed by atoms with E-state index in [1.54, 1.807) is 18.2 Å². The van der Waals surface area contributed by atoms with Gasteiger partial charge in [-0.15, -0.1) is 11.3 Å². The van der Waals surface area contributed by atoms with Gasteiger partial charge in [-0.25, -0.2) is 4.98 Å². The van der Waals surface area contributed by atoms with Crippen LogP contribution >= 0.6 is 11.3 Å². The van der Waals surface area contributed by atoms with E-state index in [4.69, 9.17) is 9.47 Å². The van der Waals surface area contributed by atoms with Gasteiger partial charge in [0.15, 0.2) is 16.6 Å². The number of nitrogens with one attached hydrogen (secondary N) is 1. The van der Waals surface area contributed by atoms with Gasteiger partial charge in [0.05, 0.1) is 18.9 Å². The Kier molecular flexibility index (Phi) is 7.02. The number of carbonyl (C=O) groups excluding carboxylic acids is 1. The van der Waals surface area contributed by atoms with E-state index in [0.717, 1.165) is 29.5 Å². The van der Waals surface area contributed by atoms with Crippen molar-refractivity contribution in [1.82, 2.24) is 4.98 Å². The normalized spacial score (nSPS) is 10.8. The third kappa shape index (κ3) is 5.08. The lowest BCUT2D eigenvalue weighted by atomic mass is 10.1. The molecule has 1 heterocycles. The fraction of sp³-hybridized carbons (Fsp3) is 0.231. The minimum absolute atomic E-state index is 0.231. The summed E-state index contributed by atoms with van der Waals surface area (Å²) >= 11 is 1.40. The average Bonchev–Trinajstić information content (AvgIpc) is 3.28. The van der Waals surface area contributed by atoms with Gasteiger partial charge in [-0.3, -0.25) is 10.1 Å². The molecule has 0 spiro atoms. The Bertz CT molecular complexity index is 1220. The molecular weight excluding hydrogens is 420 g/mol. The number of thiazole rings is 1. The second-order valence-electron chi connectivity index (χ2n) is 7.35. The predicted molar refractivity (Wildman–Crippen MR) is 131 cm³/mol. The highest BCUT2D eigenvalue weighted by Gasteiger charge is 2.14. The van der Waals surface area contributed by atoms with Gasteiger partial charge in [0.1, 0.15) is 0 Å². The zero-order valence-corrected chi connectivity index (χ0v) is 19.1. The third-order valence-corrected chi connectivity index (χ3v) is 5.79. The van der Waals surface area contributed by atoms with Crippen LogP contribution in [-0.4, -0.2) is 24.1 Å². The van der Waals surface area contributed by atoms with E-state index in [2.05, 4.69) is 47.6 Å². The lowest BCUT2D eigenvalue weighted by Crippen LogP contribution is -2.12. The number of carbonyl (C=O) groups is 1. The van der Waals surface area contributed by atoms with Crippen LogP contribution in [0.25, 0.3) is 22.0 Å². The zero-order chi connectivity index (χ0) is 22.3. The molecule has 1 N–H and O–H groups in total. The number of aromatic nitrogens is 1. The number of fused-ring (bicyclic) bond motifs is 1. The number of benzene rings is 3. The Balaban J connectivity index is 1.49. The molecule has 3 aromatic carbocycles. The SMILES string of the molecule is CCCCOc1ccc(C(=O)Nc2nc(-c3ccc4ccccc4c3)cs2)cc1OCC. The quantitative estimate of drug-likeness (QED) is 0.287. The summed E-state index contributed by atoms with van der Waals surface area (Å²) in [5, 5.41) is 7.76. The first kappa shape index (κ1) is 21.8. The Labute approximate surface area is 192 Å².